The lowest BCUT2D eigenvalue weighted by Gasteiger charge is -2.11. The first-order valence-corrected chi connectivity index (χ1v) is 5.57. The first-order chi connectivity index (χ1) is 8.43. The highest BCUT2D eigenvalue weighted by Crippen LogP contribution is 2.23. The fraction of sp³-hybridized carbons (Fsp3) is 0.273. The number of nitrogens with two attached hydrogens (primary N) is 1. The molecule has 0 saturated heterocycles. The number of amidine groups is 1. The maximum Gasteiger partial charge on any atom is 0.411 e. The zero-order valence-electron chi connectivity index (χ0n) is 9.98. The number of carbonyl (C=O) groups is 1. The predicted molar refractivity (Wildman–Crippen MR) is 69.2 cm³/mol. The minimum absolute atomic E-state index is 0.0769. The van der Waals surface area contributed by atoms with Crippen LogP contribution in [0.5, 0.6) is 0 Å². The van der Waals surface area contributed by atoms with Crippen molar-refractivity contribution in [3.63, 3.8) is 0 Å². The number of oxime groups is 1. The summed E-state index contributed by atoms with van der Waals surface area (Å²) in [5.74, 6) is -0.0769. The van der Waals surface area contributed by atoms with Crippen LogP contribution in [-0.2, 0) is 4.74 Å². The Morgan fingerprint density at radius 3 is 2.78 bits per heavy atom. The number of ether oxygens (including phenoxy) is 1. The van der Waals surface area contributed by atoms with Crippen molar-refractivity contribution in [1.82, 2.24) is 0 Å². The minimum Gasteiger partial charge on any atom is -0.447 e. The molecule has 0 aliphatic carbocycles. The summed E-state index contributed by atoms with van der Waals surface area (Å²) < 4.78 is 4.92. The van der Waals surface area contributed by atoms with Gasteiger partial charge in [-0.05, 0) is 32.0 Å². The summed E-state index contributed by atoms with van der Waals surface area (Å²) in [6.07, 6.45) is -0.861. The molecule has 4 N–H and O–H groups in total. The van der Waals surface area contributed by atoms with Gasteiger partial charge in [-0.15, -0.1) is 0 Å². The number of rotatable bonds is 3. The topological polar surface area (TPSA) is 96.9 Å². The highest BCUT2D eigenvalue weighted by molar-refractivity contribution is 6.33. The van der Waals surface area contributed by atoms with E-state index in [0.29, 0.717) is 16.3 Å². The van der Waals surface area contributed by atoms with Crippen LogP contribution in [0.1, 0.15) is 19.4 Å². The molecule has 0 radical (unpaired) electrons. The Morgan fingerprint density at radius 2 is 2.22 bits per heavy atom. The Labute approximate surface area is 109 Å². The van der Waals surface area contributed by atoms with E-state index in [-0.39, 0.29) is 11.9 Å². The van der Waals surface area contributed by atoms with Crippen LogP contribution in [0.15, 0.2) is 23.4 Å². The number of amides is 1. The lowest BCUT2D eigenvalue weighted by Crippen LogP contribution is -2.19. The summed E-state index contributed by atoms with van der Waals surface area (Å²) in [6, 6.07) is 4.58. The molecule has 1 aromatic carbocycles. The van der Waals surface area contributed by atoms with Gasteiger partial charge in [0.15, 0.2) is 5.84 Å². The number of nitrogens with one attached hydrogen (secondary N) is 1. The van der Waals surface area contributed by atoms with Crippen molar-refractivity contribution < 1.29 is 14.7 Å². The number of halogens is 1. The molecule has 0 aromatic heterocycles. The van der Waals surface area contributed by atoms with E-state index in [2.05, 4.69) is 10.5 Å². The van der Waals surface area contributed by atoms with E-state index in [1.807, 2.05) is 0 Å². The third-order valence-electron chi connectivity index (χ3n) is 1.95. The molecule has 0 fully saturated rings. The zero-order valence-corrected chi connectivity index (χ0v) is 10.7. The highest BCUT2D eigenvalue weighted by Gasteiger charge is 2.10. The molecule has 1 amide bonds. The first kappa shape index (κ1) is 14.1. The number of hydrogen-bond donors (Lipinski definition) is 3. The molecule has 0 spiro atoms. The van der Waals surface area contributed by atoms with Crippen molar-refractivity contribution in [3.05, 3.63) is 28.8 Å². The van der Waals surface area contributed by atoms with Crippen LogP contribution in [0.3, 0.4) is 0 Å². The summed E-state index contributed by atoms with van der Waals surface area (Å²) in [4.78, 5) is 11.4. The molecule has 0 atom stereocenters. The largest absolute Gasteiger partial charge is 0.447 e. The summed E-state index contributed by atoms with van der Waals surface area (Å²) in [5.41, 5.74) is 6.20. The number of anilines is 1. The lowest BCUT2D eigenvalue weighted by atomic mass is 10.2. The molecule has 1 aromatic rings. The van der Waals surface area contributed by atoms with E-state index in [0.717, 1.165) is 0 Å². The van der Waals surface area contributed by atoms with Gasteiger partial charge in [0.05, 0.1) is 16.8 Å². The second kappa shape index (κ2) is 6.11. The number of nitrogens with zero attached hydrogens (tertiary/aromatic N) is 1. The van der Waals surface area contributed by atoms with Gasteiger partial charge in [-0.2, -0.15) is 0 Å². The van der Waals surface area contributed by atoms with Crippen molar-refractivity contribution in [3.8, 4) is 0 Å². The van der Waals surface area contributed by atoms with E-state index in [1.54, 1.807) is 19.9 Å². The van der Waals surface area contributed by atoms with E-state index >= 15 is 0 Å². The maximum absolute atomic E-state index is 11.4. The lowest BCUT2D eigenvalue weighted by molar-refractivity contribution is 0.130. The van der Waals surface area contributed by atoms with Crippen LogP contribution in [0.4, 0.5) is 10.5 Å². The van der Waals surface area contributed by atoms with E-state index in [1.165, 1.54) is 12.1 Å². The van der Waals surface area contributed by atoms with Crippen molar-refractivity contribution in [2.75, 3.05) is 5.32 Å². The van der Waals surface area contributed by atoms with E-state index < -0.39 is 6.09 Å². The van der Waals surface area contributed by atoms with Gasteiger partial charge < -0.3 is 15.7 Å². The second-order valence-electron chi connectivity index (χ2n) is 3.76. The molecule has 18 heavy (non-hydrogen) atoms. The van der Waals surface area contributed by atoms with Crippen LogP contribution in [0.2, 0.25) is 5.02 Å². The molecule has 0 aliphatic rings. The molecular weight excluding hydrogens is 258 g/mol. The van der Waals surface area contributed by atoms with Gasteiger partial charge in [0, 0.05) is 5.56 Å². The Bertz CT molecular complexity index is 475. The Hall–Kier alpha value is -1.95. The van der Waals surface area contributed by atoms with Gasteiger partial charge in [0.1, 0.15) is 0 Å². The van der Waals surface area contributed by atoms with Crippen LogP contribution in [0.25, 0.3) is 0 Å². The Morgan fingerprint density at radius 1 is 1.56 bits per heavy atom. The van der Waals surface area contributed by atoms with Crippen molar-refractivity contribution >= 4 is 29.2 Å². The average Bonchev–Trinajstić information content (AvgIpc) is 2.30. The van der Waals surface area contributed by atoms with Crippen molar-refractivity contribution in [2.24, 2.45) is 10.9 Å². The maximum atomic E-state index is 11.4. The SMILES string of the molecule is CC(C)OC(=O)Nc1cc(C(N)=NO)ccc1Cl. The monoisotopic (exact) mass is 271 g/mol. The quantitative estimate of drug-likeness (QED) is 0.340. The number of carbonyl (C=O) groups excluding carboxylic acids is 1. The van der Waals surface area contributed by atoms with Gasteiger partial charge in [0.2, 0.25) is 0 Å². The zero-order chi connectivity index (χ0) is 13.7. The van der Waals surface area contributed by atoms with Crippen LogP contribution < -0.4 is 11.1 Å². The molecule has 7 heteroatoms. The molecule has 0 saturated carbocycles. The highest BCUT2D eigenvalue weighted by atomic mass is 35.5. The van der Waals surface area contributed by atoms with Crippen molar-refractivity contribution in [2.45, 2.75) is 20.0 Å². The van der Waals surface area contributed by atoms with Gasteiger partial charge in [-0.25, -0.2) is 4.79 Å². The standard InChI is InChI=1S/C11H14ClN3O3/c1-6(2)18-11(16)14-9-5-7(10(13)15-17)3-4-8(9)12/h3-6,17H,1-2H3,(H2,13,15)(H,14,16). The van der Waals surface area contributed by atoms with Gasteiger partial charge in [0.25, 0.3) is 0 Å². The summed E-state index contributed by atoms with van der Waals surface area (Å²) >= 11 is 5.91. The average molecular weight is 272 g/mol. The Kier molecular flexibility index (Phi) is 4.79. The number of hydrogen-bond acceptors (Lipinski definition) is 4. The second-order valence-corrected chi connectivity index (χ2v) is 4.17. The normalized spacial score (nSPS) is 11.4. The summed E-state index contributed by atoms with van der Waals surface area (Å²) in [5, 5.41) is 14.2. The van der Waals surface area contributed by atoms with Gasteiger partial charge >= 0.3 is 6.09 Å². The molecule has 6 nitrogen and oxygen atoms in total. The van der Waals surface area contributed by atoms with Gasteiger partial charge in [-0.1, -0.05) is 16.8 Å². The minimum atomic E-state index is -0.622. The first-order valence-electron chi connectivity index (χ1n) is 5.19. The molecule has 98 valence electrons. The molecule has 0 bridgehead atoms. The van der Waals surface area contributed by atoms with Crippen LogP contribution in [0, 0.1) is 0 Å². The van der Waals surface area contributed by atoms with Crippen LogP contribution in [-0.4, -0.2) is 23.2 Å². The molecular formula is C11H14ClN3O3. The fourth-order valence-electron chi connectivity index (χ4n) is 1.19. The van der Waals surface area contributed by atoms with Crippen molar-refractivity contribution in [1.29, 1.82) is 0 Å². The van der Waals surface area contributed by atoms with E-state index in [4.69, 9.17) is 27.3 Å². The smallest absolute Gasteiger partial charge is 0.411 e. The van der Waals surface area contributed by atoms with Crippen LogP contribution >= 0.6 is 11.6 Å². The fourth-order valence-corrected chi connectivity index (χ4v) is 1.36. The molecule has 0 heterocycles. The third kappa shape index (κ3) is 3.81. The summed E-state index contributed by atoms with van der Waals surface area (Å²) in [6.45, 7) is 3.46. The molecule has 0 aliphatic heterocycles. The molecule has 1 rings (SSSR count). The van der Waals surface area contributed by atoms with E-state index in [9.17, 15) is 4.79 Å². The third-order valence-corrected chi connectivity index (χ3v) is 2.28. The number of benzene rings is 1. The molecule has 0 unspecified atom stereocenters. The van der Waals surface area contributed by atoms with Gasteiger partial charge in [-0.3, -0.25) is 5.32 Å². The predicted octanol–water partition coefficient (Wildman–Crippen LogP) is 2.39. The Balaban J connectivity index is 2.91. The summed E-state index contributed by atoms with van der Waals surface area (Å²) in [7, 11) is 0.